The molecule has 4 aliphatic rings. The molecule has 10 atom stereocenters. The van der Waals surface area contributed by atoms with Gasteiger partial charge in [-0.25, -0.2) is 0 Å². The highest BCUT2D eigenvalue weighted by molar-refractivity contribution is 5.16. The van der Waals surface area contributed by atoms with E-state index >= 15 is 0 Å². The van der Waals surface area contributed by atoms with E-state index in [0.29, 0.717) is 28.6 Å². The van der Waals surface area contributed by atoms with Crippen LogP contribution in [0.3, 0.4) is 0 Å². The van der Waals surface area contributed by atoms with Gasteiger partial charge in [0.25, 0.3) is 0 Å². The molecule has 2 heteroatoms. The van der Waals surface area contributed by atoms with Crippen molar-refractivity contribution in [2.24, 2.45) is 46.3 Å². The quantitative estimate of drug-likeness (QED) is 0.503. The summed E-state index contributed by atoms with van der Waals surface area (Å²) in [5.74, 6) is 4.26. The fourth-order valence-corrected chi connectivity index (χ4v) is 9.86. The Bertz CT molecular complexity index is 821. The minimum Gasteiger partial charge on any atom is -0.392 e. The van der Waals surface area contributed by atoms with E-state index in [9.17, 15) is 10.2 Å². The monoisotopic (exact) mass is 452 g/mol. The molecule has 1 aromatic carbocycles. The van der Waals surface area contributed by atoms with Crippen LogP contribution in [-0.4, -0.2) is 21.9 Å². The summed E-state index contributed by atoms with van der Waals surface area (Å²) in [5, 5.41) is 22.3. The second-order valence-electron chi connectivity index (χ2n) is 13.3. The van der Waals surface area contributed by atoms with Gasteiger partial charge in [-0.15, -0.1) is 0 Å². The molecule has 1 aromatic rings. The molecule has 4 aliphatic carbocycles. The predicted molar refractivity (Wildman–Crippen MR) is 136 cm³/mol. The van der Waals surface area contributed by atoms with E-state index in [0.717, 1.165) is 43.4 Å². The highest BCUT2D eigenvalue weighted by Gasteiger charge is 2.61. The molecule has 0 aliphatic heterocycles. The maximum Gasteiger partial charge on any atom is 0.0648 e. The summed E-state index contributed by atoms with van der Waals surface area (Å²) in [6, 6.07) is 10.5. The molecule has 2 N–H and O–H groups in total. The van der Waals surface area contributed by atoms with Crippen molar-refractivity contribution < 1.29 is 10.2 Å². The Kier molecular flexibility index (Phi) is 6.26. The van der Waals surface area contributed by atoms with Crippen LogP contribution in [0.4, 0.5) is 0 Å². The van der Waals surface area contributed by atoms with Crippen LogP contribution >= 0.6 is 0 Å². The number of aliphatic hydroxyl groups excluding tert-OH is 1. The number of hydrogen-bond acceptors (Lipinski definition) is 2. The van der Waals surface area contributed by atoms with E-state index in [1.807, 2.05) is 0 Å². The Morgan fingerprint density at radius 2 is 1.64 bits per heavy atom. The third-order valence-corrected chi connectivity index (χ3v) is 12.1. The summed E-state index contributed by atoms with van der Waals surface area (Å²) in [6.07, 6.45) is 12.8. The van der Waals surface area contributed by atoms with Crippen LogP contribution in [0.2, 0.25) is 0 Å². The minimum absolute atomic E-state index is 0.246. The van der Waals surface area contributed by atoms with Crippen LogP contribution in [0.25, 0.3) is 0 Å². The van der Waals surface area contributed by atoms with Crippen molar-refractivity contribution >= 4 is 0 Å². The molecule has 0 aromatic heterocycles. The molecule has 4 saturated carbocycles. The van der Waals surface area contributed by atoms with Crippen LogP contribution in [0.1, 0.15) is 97.5 Å². The molecule has 2 unspecified atom stereocenters. The van der Waals surface area contributed by atoms with Gasteiger partial charge in [0.2, 0.25) is 0 Å². The van der Waals surface area contributed by atoms with Crippen molar-refractivity contribution in [2.45, 2.75) is 110 Å². The highest BCUT2D eigenvalue weighted by Crippen LogP contribution is 2.69. The Hall–Kier alpha value is -0.860. The molecule has 5 rings (SSSR count). The fraction of sp³-hybridized carbons (Fsp3) is 0.806. The van der Waals surface area contributed by atoms with E-state index in [2.05, 4.69) is 58.0 Å². The van der Waals surface area contributed by atoms with Gasteiger partial charge >= 0.3 is 0 Å². The zero-order valence-electron chi connectivity index (χ0n) is 21.6. The molecule has 33 heavy (non-hydrogen) atoms. The molecule has 184 valence electrons. The summed E-state index contributed by atoms with van der Waals surface area (Å²) in [6.45, 7) is 9.71. The molecule has 0 bridgehead atoms. The molecular formula is C31H48O2. The fourth-order valence-electron chi connectivity index (χ4n) is 9.86. The summed E-state index contributed by atoms with van der Waals surface area (Å²) < 4.78 is 0. The van der Waals surface area contributed by atoms with Crippen molar-refractivity contribution in [1.82, 2.24) is 0 Å². The largest absolute Gasteiger partial charge is 0.392 e. The first-order valence-electron chi connectivity index (χ1n) is 14.1. The van der Waals surface area contributed by atoms with Gasteiger partial charge in [-0.2, -0.15) is 0 Å². The maximum absolute atomic E-state index is 11.2. The third kappa shape index (κ3) is 3.92. The smallest absolute Gasteiger partial charge is 0.0648 e. The van der Waals surface area contributed by atoms with Crippen LogP contribution in [0, 0.1) is 46.3 Å². The zero-order valence-corrected chi connectivity index (χ0v) is 21.6. The first kappa shape index (κ1) is 23.9. The SMILES string of the molecule is CC[C@]1(O)CC[C@@]2(C)[C@@H](CC[C@@H]3[C@@H]2CC[C@]2(C)[C@@H](C(C)C(O)Cc4ccccc4)CC[C@@H]32)C1. The van der Waals surface area contributed by atoms with Gasteiger partial charge in [-0.3, -0.25) is 0 Å². The topological polar surface area (TPSA) is 40.5 Å². The van der Waals surface area contributed by atoms with Gasteiger partial charge in [-0.1, -0.05) is 58.0 Å². The molecule has 0 heterocycles. The van der Waals surface area contributed by atoms with Crippen LogP contribution in [-0.2, 0) is 6.42 Å². The maximum atomic E-state index is 11.2. The molecule has 0 amide bonds. The molecular weight excluding hydrogens is 404 g/mol. The Morgan fingerprint density at radius 3 is 2.36 bits per heavy atom. The number of aliphatic hydroxyl groups is 2. The Balaban J connectivity index is 1.31. The van der Waals surface area contributed by atoms with Crippen LogP contribution in [0.5, 0.6) is 0 Å². The predicted octanol–water partition coefficient (Wildman–Crippen LogP) is 7.03. The molecule has 0 saturated heterocycles. The van der Waals surface area contributed by atoms with Crippen molar-refractivity contribution in [3.63, 3.8) is 0 Å². The van der Waals surface area contributed by atoms with Crippen molar-refractivity contribution in [2.75, 3.05) is 0 Å². The van der Waals surface area contributed by atoms with Gasteiger partial charge in [0, 0.05) is 0 Å². The Morgan fingerprint density at radius 1 is 0.909 bits per heavy atom. The van der Waals surface area contributed by atoms with Crippen LogP contribution < -0.4 is 0 Å². The van der Waals surface area contributed by atoms with E-state index in [1.54, 1.807) is 0 Å². The lowest BCUT2D eigenvalue weighted by atomic mass is 9.43. The highest BCUT2D eigenvalue weighted by atomic mass is 16.3. The first-order chi connectivity index (χ1) is 15.7. The second kappa shape index (κ2) is 8.66. The number of benzene rings is 1. The Labute approximate surface area is 202 Å². The van der Waals surface area contributed by atoms with Crippen LogP contribution in [0.15, 0.2) is 30.3 Å². The number of hydrogen-bond donors (Lipinski definition) is 2. The van der Waals surface area contributed by atoms with Gasteiger partial charge in [-0.05, 0) is 123 Å². The van der Waals surface area contributed by atoms with Gasteiger partial charge in [0.15, 0.2) is 0 Å². The van der Waals surface area contributed by atoms with Crippen molar-refractivity contribution in [3.05, 3.63) is 35.9 Å². The van der Waals surface area contributed by atoms with E-state index in [4.69, 9.17) is 0 Å². The molecule has 0 radical (unpaired) electrons. The minimum atomic E-state index is -0.400. The lowest BCUT2D eigenvalue weighted by Crippen LogP contribution is -2.56. The third-order valence-electron chi connectivity index (χ3n) is 12.1. The number of rotatable bonds is 5. The molecule has 4 fully saturated rings. The van der Waals surface area contributed by atoms with Crippen molar-refractivity contribution in [1.29, 1.82) is 0 Å². The standard InChI is InChI=1S/C31H48O2/c1-5-31(33)18-17-29(3)23(20-31)11-12-24-26-14-13-25(30(26,4)16-15-27(24)29)21(2)28(32)19-22-9-7-6-8-10-22/h6-10,21,23-28,32-33H,5,11-20H2,1-4H3/t21?,23-,24-,25+,26-,27-,28?,29-,30+,31-/m0/s1. The summed E-state index contributed by atoms with van der Waals surface area (Å²) in [4.78, 5) is 0. The summed E-state index contributed by atoms with van der Waals surface area (Å²) in [7, 11) is 0. The van der Waals surface area contributed by atoms with E-state index in [1.165, 1.54) is 50.5 Å². The average Bonchev–Trinajstić information content (AvgIpc) is 3.17. The molecule has 0 spiro atoms. The normalized spacial score (nSPS) is 46.7. The summed E-state index contributed by atoms with van der Waals surface area (Å²) >= 11 is 0. The lowest BCUT2D eigenvalue weighted by molar-refractivity contribution is -0.154. The van der Waals surface area contributed by atoms with E-state index in [-0.39, 0.29) is 6.10 Å². The van der Waals surface area contributed by atoms with Gasteiger partial charge in [0.1, 0.15) is 0 Å². The lowest BCUT2D eigenvalue weighted by Gasteiger charge is -2.62. The molecule has 2 nitrogen and oxygen atoms in total. The van der Waals surface area contributed by atoms with Gasteiger partial charge < -0.3 is 10.2 Å². The zero-order chi connectivity index (χ0) is 23.4. The average molecular weight is 453 g/mol. The second-order valence-corrected chi connectivity index (χ2v) is 13.3. The summed E-state index contributed by atoms with van der Waals surface area (Å²) in [5.41, 5.74) is 1.68. The van der Waals surface area contributed by atoms with E-state index < -0.39 is 5.60 Å². The van der Waals surface area contributed by atoms with Gasteiger partial charge in [0.05, 0.1) is 11.7 Å². The number of fused-ring (bicyclic) bond motifs is 5. The van der Waals surface area contributed by atoms with Crippen molar-refractivity contribution in [3.8, 4) is 0 Å². The first-order valence-corrected chi connectivity index (χ1v) is 14.1.